The predicted octanol–water partition coefficient (Wildman–Crippen LogP) is 3.01. The predicted molar refractivity (Wildman–Crippen MR) is 85.0 cm³/mol. The first-order valence-corrected chi connectivity index (χ1v) is 6.94. The zero-order valence-electron chi connectivity index (χ0n) is 12.3. The lowest BCUT2D eigenvalue weighted by Gasteiger charge is -2.06. The van der Waals surface area contributed by atoms with Gasteiger partial charge in [0.2, 0.25) is 0 Å². The van der Waals surface area contributed by atoms with E-state index in [1.807, 2.05) is 12.1 Å². The summed E-state index contributed by atoms with van der Waals surface area (Å²) in [6, 6.07) is 15.4. The van der Waals surface area contributed by atoms with Crippen LogP contribution in [0.5, 0.6) is 11.5 Å². The number of phenols is 1. The Hall–Kier alpha value is -3.26. The van der Waals surface area contributed by atoms with Crippen molar-refractivity contribution in [3.05, 3.63) is 65.2 Å². The normalized spacial score (nSPS) is 10.8. The van der Waals surface area contributed by atoms with Crippen molar-refractivity contribution in [2.75, 3.05) is 6.61 Å². The molecule has 0 aliphatic heterocycles. The number of carbonyl (C=O) groups is 1. The van der Waals surface area contributed by atoms with Crippen LogP contribution in [0.3, 0.4) is 0 Å². The highest BCUT2D eigenvalue weighted by atomic mass is 16.5. The van der Waals surface area contributed by atoms with E-state index in [1.54, 1.807) is 42.5 Å². The first-order chi connectivity index (χ1) is 11.1. The molecule has 0 fully saturated rings. The molecule has 0 radical (unpaired) electrons. The van der Waals surface area contributed by atoms with Crippen molar-refractivity contribution >= 4 is 12.0 Å². The van der Waals surface area contributed by atoms with E-state index in [4.69, 9.17) is 15.1 Å². The number of hydrogen-bond acceptors (Lipinski definition) is 4. The Kier molecular flexibility index (Phi) is 5.37. The molecule has 0 unspecified atom stereocenters. The monoisotopic (exact) mass is 309 g/mol. The first kappa shape index (κ1) is 16.1. The molecule has 116 valence electrons. The topological polar surface area (TPSA) is 90.5 Å². The van der Waals surface area contributed by atoms with Gasteiger partial charge in [-0.25, -0.2) is 4.79 Å². The van der Waals surface area contributed by atoms with Crippen LogP contribution in [0.2, 0.25) is 0 Å². The molecule has 2 aromatic rings. The fourth-order valence-corrected chi connectivity index (χ4v) is 1.92. The minimum absolute atomic E-state index is 0.233. The molecular weight excluding hydrogens is 294 g/mol. The Morgan fingerprint density at radius 1 is 1.13 bits per heavy atom. The van der Waals surface area contributed by atoms with Crippen LogP contribution in [-0.2, 0) is 11.2 Å². The molecule has 2 rings (SSSR count). The van der Waals surface area contributed by atoms with Crippen molar-refractivity contribution in [3.63, 3.8) is 0 Å². The lowest BCUT2D eigenvalue weighted by molar-refractivity contribution is -0.132. The van der Waals surface area contributed by atoms with Crippen molar-refractivity contribution in [2.45, 2.75) is 6.42 Å². The third-order valence-corrected chi connectivity index (χ3v) is 3.14. The van der Waals surface area contributed by atoms with Gasteiger partial charge in [0.1, 0.15) is 23.1 Å². The second-order valence-electron chi connectivity index (χ2n) is 4.81. The van der Waals surface area contributed by atoms with Crippen LogP contribution in [0.1, 0.15) is 11.1 Å². The first-order valence-electron chi connectivity index (χ1n) is 6.94. The standard InChI is InChI=1S/C18H15NO4/c19-12-15(18(21)22)11-14-3-7-17(8-4-14)23-10-9-13-1-5-16(20)6-2-13/h1-8,11,20H,9-10H2,(H,21,22). The average Bonchev–Trinajstić information content (AvgIpc) is 2.55. The molecule has 0 saturated carbocycles. The maximum atomic E-state index is 10.8. The third kappa shape index (κ3) is 4.90. The molecule has 0 aliphatic carbocycles. The average molecular weight is 309 g/mol. The molecule has 0 amide bonds. The summed E-state index contributed by atoms with van der Waals surface area (Å²) < 4.78 is 5.61. The number of aliphatic carboxylic acids is 1. The van der Waals surface area contributed by atoms with E-state index in [9.17, 15) is 9.90 Å². The van der Waals surface area contributed by atoms with Crippen LogP contribution in [0.4, 0.5) is 0 Å². The Balaban J connectivity index is 1.91. The van der Waals surface area contributed by atoms with E-state index >= 15 is 0 Å². The summed E-state index contributed by atoms with van der Waals surface area (Å²) in [4.78, 5) is 10.8. The van der Waals surface area contributed by atoms with Crippen LogP contribution in [0, 0.1) is 11.3 Å². The van der Waals surface area contributed by atoms with Gasteiger partial charge in [-0.05, 0) is 41.5 Å². The van der Waals surface area contributed by atoms with Crippen LogP contribution in [-0.4, -0.2) is 22.8 Å². The summed E-state index contributed by atoms with van der Waals surface area (Å²) in [5.74, 6) is -0.354. The number of ether oxygens (including phenoxy) is 1. The molecule has 0 spiro atoms. The van der Waals surface area contributed by atoms with Crippen LogP contribution >= 0.6 is 0 Å². The largest absolute Gasteiger partial charge is 0.508 e. The molecule has 0 atom stereocenters. The number of hydrogen-bond donors (Lipinski definition) is 2. The van der Waals surface area contributed by atoms with E-state index in [-0.39, 0.29) is 11.3 Å². The van der Waals surface area contributed by atoms with Crippen molar-refractivity contribution in [2.24, 2.45) is 0 Å². The van der Waals surface area contributed by atoms with E-state index < -0.39 is 5.97 Å². The Morgan fingerprint density at radius 2 is 1.78 bits per heavy atom. The maximum absolute atomic E-state index is 10.8. The lowest BCUT2D eigenvalue weighted by Crippen LogP contribution is -2.01. The summed E-state index contributed by atoms with van der Waals surface area (Å²) >= 11 is 0. The van der Waals surface area contributed by atoms with Crippen molar-refractivity contribution in [3.8, 4) is 17.6 Å². The second kappa shape index (κ2) is 7.66. The minimum Gasteiger partial charge on any atom is -0.508 e. The smallest absolute Gasteiger partial charge is 0.346 e. The summed E-state index contributed by atoms with van der Waals surface area (Å²) in [6.45, 7) is 0.485. The van der Waals surface area contributed by atoms with Gasteiger partial charge in [0, 0.05) is 6.42 Å². The van der Waals surface area contributed by atoms with Crippen molar-refractivity contribution in [1.82, 2.24) is 0 Å². The van der Waals surface area contributed by atoms with E-state index in [1.165, 1.54) is 6.08 Å². The van der Waals surface area contributed by atoms with Gasteiger partial charge in [-0.1, -0.05) is 24.3 Å². The molecule has 2 aromatic carbocycles. The number of rotatable bonds is 6. The summed E-state index contributed by atoms with van der Waals surface area (Å²) in [6.07, 6.45) is 2.02. The number of benzene rings is 2. The lowest BCUT2D eigenvalue weighted by atomic mass is 10.1. The molecule has 5 nitrogen and oxygen atoms in total. The van der Waals surface area contributed by atoms with Gasteiger partial charge in [0.15, 0.2) is 0 Å². The molecule has 0 heterocycles. The van der Waals surface area contributed by atoms with E-state index in [0.717, 1.165) is 5.56 Å². The summed E-state index contributed by atoms with van der Waals surface area (Å²) in [5.41, 5.74) is 1.36. The summed E-state index contributed by atoms with van der Waals surface area (Å²) in [7, 11) is 0. The van der Waals surface area contributed by atoms with Gasteiger partial charge in [0.25, 0.3) is 0 Å². The third-order valence-electron chi connectivity index (χ3n) is 3.14. The van der Waals surface area contributed by atoms with Crippen LogP contribution in [0.25, 0.3) is 6.08 Å². The molecule has 23 heavy (non-hydrogen) atoms. The zero-order chi connectivity index (χ0) is 16.7. The minimum atomic E-state index is -1.25. The quantitative estimate of drug-likeness (QED) is 0.632. The van der Waals surface area contributed by atoms with E-state index in [2.05, 4.69) is 0 Å². The van der Waals surface area contributed by atoms with Gasteiger partial charge < -0.3 is 14.9 Å². The Bertz CT molecular complexity index is 740. The number of nitriles is 1. The maximum Gasteiger partial charge on any atom is 0.346 e. The highest BCUT2D eigenvalue weighted by Gasteiger charge is 2.05. The molecule has 2 N–H and O–H groups in total. The number of carboxylic acid groups (broad SMARTS) is 1. The molecule has 0 aliphatic rings. The molecular formula is C18H15NO4. The van der Waals surface area contributed by atoms with E-state index in [0.29, 0.717) is 24.3 Å². The summed E-state index contributed by atoms with van der Waals surface area (Å²) in [5, 5.41) is 26.7. The fraction of sp³-hybridized carbons (Fsp3) is 0.111. The molecule has 0 saturated heterocycles. The molecule has 0 bridgehead atoms. The second-order valence-corrected chi connectivity index (χ2v) is 4.81. The van der Waals surface area contributed by atoms with Gasteiger partial charge in [-0.15, -0.1) is 0 Å². The SMILES string of the molecule is N#CC(=Cc1ccc(OCCc2ccc(O)cc2)cc1)C(=O)O. The van der Waals surface area contributed by atoms with Gasteiger partial charge >= 0.3 is 5.97 Å². The highest BCUT2D eigenvalue weighted by molar-refractivity contribution is 5.96. The zero-order valence-corrected chi connectivity index (χ0v) is 12.3. The number of aromatic hydroxyl groups is 1. The highest BCUT2D eigenvalue weighted by Crippen LogP contribution is 2.16. The Labute approximate surface area is 133 Å². The van der Waals surface area contributed by atoms with Gasteiger partial charge in [-0.3, -0.25) is 0 Å². The fourth-order valence-electron chi connectivity index (χ4n) is 1.92. The molecule has 5 heteroatoms. The van der Waals surface area contributed by atoms with Gasteiger partial charge in [0.05, 0.1) is 6.61 Å². The van der Waals surface area contributed by atoms with Crippen LogP contribution in [0.15, 0.2) is 54.1 Å². The van der Waals surface area contributed by atoms with Crippen LogP contribution < -0.4 is 4.74 Å². The number of phenolic OH excluding ortho intramolecular Hbond substituents is 1. The van der Waals surface area contributed by atoms with Crippen molar-refractivity contribution < 1.29 is 19.7 Å². The van der Waals surface area contributed by atoms with Crippen molar-refractivity contribution in [1.29, 1.82) is 5.26 Å². The number of nitrogens with zero attached hydrogens (tertiary/aromatic N) is 1. The number of carboxylic acids is 1. The van der Waals surface area contributed by atoms with Gasteiger partial charge in [-0.2, -0.15) is 5.26 Å². The Morgan fingerprint density at radius 3 is 2.35 bits per heavy atom. The molecule has 0 aromatic heterocycles.